The molecule has 0 aliphatic heterocycles. The SMILES string of the molecule is CCc1ccc(-n2c(C)cc(/C=N/NC(=O)c3ccccn3)c2C)cc1. The van der Waals surface area contributed by atoms with E-state index < -0.39 is 0 Å². The van der Waals surface area contributed by atoms with Crippen molar-refractivity contribution in [3.63, 3.8) is 0 Å². The number of hydrazone groups is 1. The lowest BCUT2D eigenvalue weighted by Gasteiger charge is -2.10. The fourth-order valence-corrected chi connectivity index (χ4v) is 2.91. The summed E-state index contributed by atoms with van der Waals surface area (Å²) in [5.41, 5.74) is 8.44. The molecule has 0 atom stereocenters. The topological polar surface area (TPSA) is 59.3 Å². The first kappa shape index (κ1) is 17.6. The number of hydrogen-bond donors (Lipinski definition) is 1. The first-order chi connectivity index (χ1) is 12.6. The number of carbonyl (C=O) groups excluding carboxylic acids is 1. The molecular formula is C21H22N4O. The summed E-state index contributed by atoms with van der Waals surface area (Å²) in [6.45, 7) is 6.25. The Morgan fingerprint density at radius 1 is 1.19 bits per heavy atom. The standard InChI is InChI=1S/C21H22N4O/c1-4-17-8-10-19(11-9-17)25-15(2)13-18(16(25)3)14-23-24-21(26)20-7-5-6-12-22-20/h5-14H,4H2,1-3H3,(H,24,26)/b23-14+. The van der Waals surface area contributed by atoms with E-state index in [4.69, 9.17) is 0 Å². The molecule has 5 heteroatoms. The third kappa shape index (κ3) is 3.72. The molecule has 2 heterocycles. The van der Waals surface area contributed by atoms with Crippen LogP contribution in [-0.2, 0) is 6.42 Å². The minimum atomic E-state index is -0.328. The molecule has 2 aromatic heterocycles. The van der Waals surface area contributed by atoms with Gasteiger partial charge in [0.2, 0.25) is 0 Å². The molecule has 3 aromatic rings. The van der Waals surface area contributed by atoms with Crippen molar-refractivity contribution in [3.05, 3.63) is 82.9 Å². The molecule has 132 valence electrons. The second-order valence-corrected chi connectivity index (χ2v) is 6.10. The van der Waals surface area contributed by atoms with E-state index in [1.54, 1.807) is 30.6 Å². The quantitative estimate of drug-likeness (QED) is 0.564. The molecular weight excluding hydrogens is 324 g/mol. The van der Waals surface area contributed by atoms with Gasteiger partial charge in [-0.3, -0.25) is 9.78 Å². The summed E-state index contributed by atoms with van der Waals surface area (Å²) in [7, 11) is 0. The van der Waals surface area contributed by atoms with Crippen LogP contribution in [0.25, 0.3) is 5.69 Å². The van der Waals surface area contributed by atoms with Gasteiger partial charge in [-0.2, -0.15) is 5.10 Å². The van der Waals surface area contributed by atoms with Gasteiger partial charge in [0.15, 0.2) is 0 Å². The van der Waals surface area contributed by atoms with Crippen molar-refractivity contribution in [1.82, 2.24) is 15.0 Å². The summed E-state index contributed by atoms with van der Waals surface area (Å²) in [5, 5.41) is 4.08. The molecule has 0 fully saturated rings. The summed E-state index contributed by atoms with van der Waals surface area (Å²) in [6, 6.07) is 15.8. The lowest BCUT2D eigenvalue weighted by Crippen LogP contribution is -2.18. The van der Waals surface area contributed by atoms with E-state index >= 15 is 0 Å². The lowest BCUT2D eigenvalue weighted by atomic mass is 10.1. The highest BCUT2D eigenvalue weighted by atomic mass is 16.2. The van der Waals surface area contributed by atoms with Gasteiger partial charge in [0.25, 0.3) is 5.91 Å². The van der Waals surface area contributed by atoms with Crippen molar-refractivity contribution in [2.45, 2.75) is 27.2 Å². The number of aromatic nitrogens is 2. The molecule has 1 N–H and O–H groups in total. The zero-order valence-electron chi connectivity index (χ0n) is 15.2. The van der Waals surface area contributed by atoms with Gasteiger partial charge in [0.1, 0.15) is 5.69 Å². The van der Waals surface area contributed by atoms with Crippen LogP contribution in [0.3, 0.4) is 0 Å². The second kappa shape index (κ2) is 7.78. The molecule has 26 heavy (non-hydrogen) atoms. The van der Waals surface area contributed by atoms with Crippen molar-refractivity contribution in [2.24, 2.45) is 5.10 Å². The van der Waals surface area contributed by atoms with Crippen LogP contribution in [0.15, 0.2) is 59.8 Å². The number of amides is 1. The van der Waals surface area contributed by atoms with Crippen molar-refractivity contribution < 1.29 is 4.79 Å². The molecule has 0 spiro atoms. The van der Waals surface area contributed by atoms with Crippen LogP contribution in [0, 0.1) is 13.8 Å². The maximum Gasteiger partial charge on any atom is 0.289 e. The average Bonchev–Trinajstić information content (AvgIpc) is 2.96. The van der Waals surface area contributed by atoms with E-state index in [0.717, 1.165) is 29.1 Å². The number of benzene rings is 1. The van der Waals surface area contributed by atoms with Crippen LogP contribution in [0.5, 0.6) is 0 Å². The summed E-state index contributed by atoms with van der Waals surface area (Å²) < 4.78 is 2.18. The molecule has 3 rings (SSSR count). The maximum absolute atomic E-state index is 12.0. The Bertz CT molecular complexity index is 925. The molecule has 0 saturated heterocycles. The summed E-state index contributed by atoms with van der Waals surface area (Å²) in [6.07, 6.45) is 4.27. The Morgan fingerprint density at radius 3 is 2.62 bits per heavy atom. The van der Waals surface area contributed by atoms with Crippen LogP contribution in [0.4, 0.5) is 0 Å². The van der Waals surface area contributed by atoms with Crippen LogP contribution in [0.2, 0.25) is 0 Å². The molecule has 0 saturated carbocycles. The highest BCUT2D eigenvalue weighted by molar-refractivity contribution is 5.93. The van der Waals surface area contributed by atoms with Gasteiger partial charge in [0, 0.05) is 28.8 Å². The minimum Gasteiger partial charge on any atom is -0.318 e. The van der Waals surface area contributed by atoms with Crippen LogP contribution >= 0.6 is 0 Å². The Morgan fingerprint density at radius 2 is 1.96 bits per heavy atom. The van der Waals surface area contributed by atoms with E-state index in [9.17, 15) is 4.79 Å². The minimum absolute atomic E-state index is 0.328. The van der Waals surface area contributed by atoms with E-state index in [-0.39, 0.29) is 5.91 Å². The third-order valence-electron chi connectivity index (χ3n) is 4.34. The van der Waals surface area contributed by atoms with Gasteiger partial charge in [-0.1, -0.05) is 25.1 Å². The molecule has 0 bridgehead atoms. The molecule has 0 aliphatic rings. The van der Waals surface area contributed by atoms with Gasteiger partial charge in [0.05, 0.1) is 6.21 Å². The zero-order valence-corrected chi connectivity index (χ0v) is 15.2. The highest BCUT2D eigenvalue weighted by Crippen LogP contribution is 2.20. The summed E-state index contributed by atoms with van der Waals surface area (Å²) >= 11 is 0. The molecule has 5 nitrogen and oxygen atoms in total. The normalized spacial score (nSPS) is 11.0. The Hall–Kier alpha value is -3.21. The van der Waals surface area contributed by atoms with Crippen molar-refractivity contribution in [1.29, 1.82) is 0 Å². The Labute approximate surface area is 153 Å². The molecule has 0 unspecified atom stereocenters. The smallest absolute Gasteiger partial charge is 0.289 e. The van der Waals surface area contributed by atoms with Gasteiger partial charge in [-0.05, 0) is 56.2 Å². The van der Waals surface area contributed by atoms with E-state index in [2.05, 4.69) is 64.3 Å². The Balaban J connectivity index is 1.78. The van der Waals surface area contributed by atoms with Crippen molar-refractivity contribution >= 4 is 12.1 Å². The van der Waals surface area contributed by atoms with E-state index in [0.29, 0.717) is 5.69 Å². The molecule has 0 radical (unpaired) electrons. The van der Waals surface area contributed by atoms with Crippen LogP contribution in [0.1, 0.15) is 39.9 Å². The number of aryl methyl sites for hydroxylation is 2. The van der Waals surface area contributed by atoms with Crippen LogP contribution in [-0.4, -0.2) is 21.7 Å². The second-order valence-electron chi connectivity index (χ2n) is 6.10. The van der Waals surface area contributed by atoms with Crippen LogP contribution < -0.4 is 5.43 Å². The number of rotatable bonds is 5. The number of pyridine rings is 1. The Kier molecular flexibility index (Phi) is 5.27. The largest absolute Gasteiger partial charge is 0.318 e. The zero-order chi connectivity index (χ0) is 18.5. The predicted octanol–water partition coefficient (Wildman–Crippen LogP) is 3.82. The fraction of sp³-hybridized carbons (Fsp3) is 0.190. The van der Waals surface area contributed by atoms with Crippen molar-refractivity contribution in [3.8, 4) is 5.69 Å². The molecule has 1 aromatic carbocycles. The first-order valence-electron chi connectivity index (χ1n) is 8.63. The molecule has 1 amide bonds. The number of carbonyl (C=O) groups is 1. The van der Waals surface area contributed by atoms with Gasteiger partial charge in [-0.25, -0.2) is 5.43 Å². The number of hydrogen-bond acceptors (Lipinski definition) is 3. The number of nitrogens with zero attached hydrogens (tertiary/aromatic N) is 3. The van der Waals surface area contributed by atoms with Gasteiger partial charge >= 0.3 is 0 Å². The highest BCUT2D eigenvalue weighted by Gasteiger charge is 2.10. The van der Waals surface area contributed by atoms with E-state index in [1.807, 2.05) is 6.92 Å². The summed E-state index contributed by atoms with van der Waals surface area (Å²) in [5.74, 6) is -0.328. The first-order valence-corrected chi connectivity index (χ1v) is 8.63. The van der Waals surface area contributed by atoms with Gasteiger partial charge < -0.3 is 4.57 Å². The average molecular weight is 346 g/mol. The lowest BCUT2D eigenvalue weighted by molar-refractivity contribution is 0.0950. The monoisotopic (exact) mass is 346 g/mol. The third-order valence-corrected chi connectivity index (χ3v) is 4.34. The predicted molar refractivity (Wildman–Crippen MR) is 104 cm³/mol. The fourth-order valence-electron chi connectivity index (χ4n) is 2.91. The number of nitrogens with one attached hydrogen (secondary N) is 1. The maximum atomic E-state index is 12.0. The van der Waals surface area contributed by atoms with E-state index in [1.165, 1.54) is 5.56 Å². The molecule has 0 aliphatic carbocycles. The van der Waals surface area contributed by atoms with Crippen molar-refractivity contribution in [2.75, 3.05) is 0 Å². The summed E-state index contributed by atoms with van der Waals surface area (Å²) in [4.78, 5) is 16.0. The van der Waals surface area contributed by atoms with Gasteiger partial charge in [-0.15, -0.1) is 0 Å².